The predicted molar refractivity (Wildman–Crippen MR) is 116 cm³/mol. The van der Waals surface area contributed by atoms with E-state index >= 15 is 0 Å². The molecule has 0 unspecified atom stereocenters. The maximum atomic E-state index is 5.17. The van der Waals surface area contributed by atoms with Crippen molar-refractivity contribution in [2.24, 2.45) is 4.99 Å². The molecule has 1 heterocycles. The summed E-state index contributed by atoms with van der Waals surface area (Å²) in [6.45, 7) is 6.53. The molecule has 2 aromatic rings. The zero-order valence-corrected chi connectivity index (χ0v) is 18.3. The fourth-order valence-electron chi connectivity index (χ4n) is 2.36. The van der Waals surface area contributed by atoms with Gasteiger partial charge in [0.1, 0.15) is 18.1 Å². The predicted octanol–water partition coefficient (Wildman–Crippen LogP) is 3.30. The standard InChI is InChI=1S/C18H28N6O.HI/c1-5-7-12-24(3)18(19-6-2)20-13-16-21-17(23-22-16)14-8-10-15(25-4)11-9-14;/h8-11H,5-7,12-13H2,1-4H3,(H,19,20)(H,21,22,23);1H. The van der Waals surface area contributed by atoms with Crippen LogP contribution < -0.4 is 10.1 Å². The minimum Gasteiger partial charge on any atom is -0.497 e. The molecular formula is C18H29IN6O. The average Bonchev–Trinajstić information content (AvgIpc) is 3.12. The Morgan fingerprint density at radius 2 is 2.00 bits per heavy atom. The van der Waals surface area contributed by atoms with Crippen molar-refractivity contribution in [3.05, 3.63) is 30.1 Å². The van der Waals surface area contributed by atoms with Gasteiger partial charge in [0.25, 0.3) is 0 Å². The SMILES string of the molecule is CCCCN(C)C(=NCc1nc(-c2ccc(OC)cc2)n[nH]1)NCC.I. The molecule has 1 aromatic heterocycles. The van der Waals surface area contributed by atoms with Crippen LogP contribution in [0.5, 0.6) is 5.75 Å². The highest BCUT2D eigenvalue weighted by Gasteiger charge is 2.08. The monoisotopic (exact) mass is 472 g/mol. The first-order valence-corrected chi connectivity index (χ1v) is 8.73. The summed E-state index contributed by atoms with van der Waals surface area (Å²) in [5.74, 6) is 3.11. The van der Waals surface area contributed by atoms with Gasteiger partial charge < -0.3 is 15.0 Å². The van der Waals surface area contributed by atoms with Gasteiger partial charge in [-0.3, -0.25) is 5.10 Å². The molecule has 0 aliphatic heterocycles. The number of nitrogens with one attached hydrogen (secondary N) is 2. The van der Waals surface area contributed by atoms with E-state index in [0.29, 0.717) is 12.4 Å². The lowest BCUT2D eigenvalue weighted by atomic mass is 10.2. The summed E-state index contributed by atoms with van der Waals surface area (Å²) < 4.78 is 5.17. The molecule has 0 bridgehead atoms. The maximum Gasteiger partial charge on any atom is 0.194 e. The normalized spacial score (nSPS) is 11.0. The second kappa shape index (κ2) is 11.7. The summed E-state index contributed by atoms with van der Waals surface area (Å²) in [5.41, 5.74) is 0.944. The molecule has 8 heteroatoms. The van der Waals surface area contributed by atoms with Crippen molar-refractivity contribution >= 4 is 29.9 Å². The van der Waals surface area contributed by atoms with E-state index in [2.05, 4.69) is 51.3 Å². The summed E-state index contributed by atoms with van der Waals surface area (Å²) in [4.78, 5) is 11.3. The Bertz CT molecular complexity index is 671. The third-order valence-corrected chi connectivity index (χ3v) is 3.80. The van der Waals surface area contributed by atoms with Gasteiger partial charge in [-0.2, -0.15) is 5.10 Å². The highest BCUT2D eigenvalue weighted by atomic mass is 127. The van der Waals surface area contributed by atoms with Crippen LogP contribution in [-0.2, 0) is 6.54 Å². The third-order valence-electron chi connectivity index (χ3n) is 3.80. The van der Waals surface area contributed by atoms with Crippen LogP contribution in [0, 0.1) is 0 Å². The van der Waals surface area contributed by atoms with Crippen LogP contribution in [0.25, 0.3) is 11.4 Å². The molecule has 0 saturated carbocycles. The number of ether oxygens (including phenoxy) is 1. The molecule has 0 atom stereocenters. The number of aromatic amines is 1. The van der Waals surface area contributed by atoms with Gasteiger partial charge in [-0.1, -0.05) is 13.3 Å². The van der Waals surface area contributed by atoms with E-state index in [4.69, 9.17) is 4.74 Å². The summed E-state index contributed by atoms with van der Waals surface area (Å²) in [6, 6.07) is 7.68. The molecule has 26 heavy (non-hydrogen) atoms. The molecular weight excluding hydrogens is 443 g/mol. The lowest BCUT2D eigenvalue weighted by molar-refractivity contribution is 0.415. The molecule has 7 nitrogen and oxygen atoms in total. The van der Waals surface area contributed by atoms with Gasteiger partial charge in [-0.15, -0.1) is 24.0 Å². The van der Waals surface area contributed by atoms with Crippen molar-refractivity contribution in [1.29, 1.82) is 0 Å². The number of halogens is 1. The quantitative estimate of drug-likeness (QED) is 0.350. The zero-order valence-electron chi connectivity index (χ0n) is 16.0. The molecule has 2 N–H and O–H groups in total. The molecule has 0 amide bonds. The number of hydrogen-bond acceptors (Lipinski definition) is 4. The van der Waals surface area contributed by atoms with Gasteiger partial charge in [0.05, 0.1) is 7.11 Å². The maximum absolute atomic E-state index is 5.17. The summed E-state index contributed by atoms with van der Waals surface area (Å²) in [6.07, 6.45) is 2.31. The van der Waals surface area contributed by atoms with Gasteiger partial charge in [0, 0.05) is 25.7 Å². The van der Waals surface area contributed by atoms with E-state index in [1.54, 1.807) is 7.11 Å². The second-order valence-corrected chi connectivity index (χ2v) is 5.78. The van der Waals surface area contributed by atoms with Crippen molar-refractivity contribution in [3.8, 4) is 17.1 Å². The van der Waals surface area contributed by atoms with Crippen LogP contribution in [0.4, 0.5) is 0 Å². The first kappa shape index (κ1) is 22.2. The number of hydrogen-bond donors (Lipinski definition) is 2. The number of H-pyrrole nitrogens is 1. The van der Waals surface area contributed by atoms with E-state index in [9.17, 15) is 0 Å². The number of methoxy groups -OCH3 is 1. The number of benzene rings is 1. The topological polar surface area (TPSA) is 78.4 Å². The Morgan fingerprint density at radius 1 is 1.27 bits per heavy atom. The molecule has 144 valence electrons. The van der Waals surface area contributed by atoms with Crippen LogP contribution in [0.3, 0.4) is 0 Å². The highest BCUT2D eigenvalue weighted by molar-refractivity contribution is 14.0. The Labute approximate surface area is 172 Å². The van der Waals surface area contributed by atoms with E-state index in [1.807, 2.05) is 24.3 Å². The van der Waals surface area contributed by atoms with E-state index in [-0.39, 0.29) is 24.0 Å². The number of rotatable bonds is 8. The lowest BCUT2D eigenvalue weighted by Gasteiger charge is -2.21. The summed E-state index contributed by atoms with van der Waals surface area (Å²) >= 11 is 0. The van der Waals surface area contributed by atoms with Crippen molar-refractivity contribution in [3.63, 3.8) is 0 Å². The largest absolute Gasteiger partial charge is 0.497 e. The summed E-state index contributed by atoms with van der Waals surface area (Å²) in [5, 5.41) is 10.6. The number of aliphatic imine (C=N–C) groups is 1. The zero-order chi connectivity index (χ0) is 18.1. The molecule has 0 fully saturated rings. The minimum atomic E-state index is 0. The fraction of sp³-hybridized carbons (Fsp3) is 0.500. The first-order chi connectivity index (χ1) is 12.2. The number of aromatic nitrogens is 3. The van der Waals surface area contributed by atoms with E-state index in [1.165, 1.54) is 0 Å². The van der Waals surface area contributed by atoms with Gasteiger partial charge in [-0.05, 0) is 37.6 Å². The molecule has 0 aliphatic carbocycles. The molecule has 1 aromatic carbocycles. The van der Waals surface area contributed by atoms with Crippen molar-refractivity contribution in [2.75, 3.05) is 27.2 Å². The van der Waals surface area contributed by atoms with Crippen molar-refractivity contribution in [1.82, 2.24) is 25.4 Å². The fourth-order valence-corrected chi connectivity index (χ4v) is 2.36. The first-order valence-electron chi connectivity index (χ1n) is 8.73. The Balaban J connectivity index is 0.00000338. The molecule has 0 radical (unpaired) electrons. The van der Waals surface area contributed by atoms with Crippen LogP contribution in [0.1, 0.15) is 32.5 Å². The number of unbranched alkanes of at least 4 members (excludes halogenated alkanes) is 1. The van der Waals surface area contributed by atoms with Crippen molar-refractivity contribution in [2.45, 2.75) is 33.2 Å². The van der Waals surface area contributed by atoms with E-state index < -0.39 is 0 Å². The smallest absolute Gasteiger partial charge is 0.194 e. The van der Waals surface area contributed by atoms with Gasteiger partial charge in [0.15, 0.2) is 11.8 Å². The van der Waals surface area contributed by atoms with Crippen LogP contribution in [0.15, 0.2) is 29.3 Å². The van der Waals surface area contributed by atoms with Gasteiger partial charge >= 0.3 is 0 Å². The van der Waals surface area contributed by atoms with Crippen LogP contribution in [0.2, 0.25) is 0 Å². The molecule has 2 rings (SSSR count). The Morgan fingerprint density at radius 3 is 2.62 bits per heavy atom. The van der Waals surface area contributed by atoms with Gasteiger partial charge in [0.2, 0.25) is 0 Å². The van der Waals surface area contributed by atoms with Gasteiger partial charge in [-0.25, -0.2) is 9.98 Å². The molecule has 0 spiro atoms. The number of guanidine groups is 1. The average molecular weight is 472 g/mol. The lowest BCUT2D eigenvalue weighted by Crippen LogP contribution is -2.39. The Kier molecular flexibility index (Phi) is 10.0. The summed E-state index contributed by atoms with van der Waals surface area (Å²) in [7, 11) is 3.71. The third kappa shape index (κ3) is 6.47. The number of nitrogens with zero attached hydrogens (tertiary/aromatic N) is 4. The molecule has 0 aliphatic rings. The van der Waals surface area contributed by atoms with Crippen LogP contribution in [-0.4, -0.2) is 53.3 Å². The minimum absolute atomic E-state index is 0. The molecule has 0 saturated heterocycles. The second-order valence-electron chi connectivity index (χ2n) is 5.78. The highest BCUT2D eigenvalue weighted by Crippen LogP contribution is 2.19. The Hall–Kier alpha value is -1.84. The van der Waals surface area contributed by atoms with Crippen molar-refractivity contribution < 1.29 is 4.74 Å². The van der Waals surface area contributed by atoms with E-state index in [0.717, 1.165) is 49.0 Å². The van der Waals surface area contributed by atoms with Crippen LogP contribution >= 0.6 is 24.0 Å².